The zero-order valence-electron chi connectivity index (χ0n) is 16.7. The Hall–Kier alpha value is -2.80. The number of halogens is 2. The number of H-pyrrole nitrogens is 1. The van der Waals surface area contributed by atoms with Gasteiger partial charge in [-0.05, 0) is 48.9 Å². The fourth-order valence-electron chi connectivity index (χ4n) is 4.96. The van der Waals surface area contributed by atoms with Crippen LogP contribution in [0.1, 0.15) is 30.9 Å². The van der Waals surface area contributed by atoms with Gasteiger partial charge in [-0.3, -0.25) is 9.69 Å². The summed E-state index contributed by atoms with van der Waals surface area (Å²) in [4.78, 5) is 24.2. The van der Waals surface area contributed by atoms with Gasteiger partial charge in [-0.2, -0.15) is 0 Å². The summed E-state index contributed by atoms with van der Waals surface area (Å²) < 4.78 is 27.1. The van der Waals surface area contributed by atoms with Crippen molar-refractivity contribution in [3.63, 3.8) is 0 Å². The van der Waals surface area contributed by atoms with Gasteiger partial charge in [0.05, 0.1) is 11.6 Å². The molecular formula is C23H24F2N4O. The summed E-state index contributed by atoms with van der Waals surface area (Å²) in [6.07, 6.45) is 4.36. The Morgan fingerprint density at radius 2 is 1.87 bits per heavy atom. The molecule has 0 radical (unpaired) electrons. The van der Waals surface area contributed by atoms with Crippen LogP contribution in [-0.2, 0) is 0 Å². The van der Waals surface area contributed by atoms with Crippen LogP contribution in [0.2, 0.25) is 0 Å². The summed E-state index contributed by atoms with van der Waals surface area (Å²) >= 11 is 0. The van der Waals surface area contributed by atoms with Crippen LogP contribution in [0.4, 0.5) is 14.6 Å². The quantitative estimate of drug-likeness (QED) is 0.716. The number of hydrogen-bond donors (Lipinski definition) is 1. The predicted octanol–water partition coefficient (Wildman–Crippen LogP) is 3.66. The van der Waals surface area contributed by atoms with Crippen molar-refractivity contribution < 1.29 is 8.78 Å². The minimum atomic E-state index is -0.474. The van der Waals surface area contributed by atoms with Crippen LogP contribution in [0.25, 0.3) is 10.8 Å². The molecule has 156 valence electrons. The highest BCUT2D eigenvalue weighted by atomic mass is 19.1. The molecule has 0 spiro atoms. The minimum Gasteiger partial charge on any atom is -0.354 e. The normalized spacial score (nSPS) is 22.7. The molecule has 1 aromatic carbocycles. The van der Waals surface area contributed by atoms with E-state index in [4.69, 9.17) is 0 Å². The molecule has 5 rings (SSSR count). The molecule has 30 heavy (non-hydrogen) atoms. The number of aromatic amines is 1. The fourth-order valence-corrected chi connectivity index (χ4v) is 4.96. The number of anilines is 1. The molecule has 2 fully saturated rings. The van der Waals surface area contributed by atoms with Gasteiger partial charge in [-0.1, -0.05) is 12.1 Å². The van der Waals surface area contributed by atoms with E-state index in [1.54, 1.807) is 18.2 Å². The number of aromatic nitrogens is 2. The van der Waals surface area contributed by atoms with E-state index in [0.717, 1.165) is 57.0 Å². The topological polar surface area (TPSA) is 52.2 Å². The van der Waals surface area contributed by atoms with E-state index in [1.165, 1.54) is 18.3 Å². The molecule has 1 N–H and O–H groups in total. The van der Waals surface area contributed by atoms with Crippen molar-refractivity contribution >= 4 is 16.6 Å². The molecule has 0 amide bonds. The second-order valence-corrected chi connectivity index (χ2v) is 8.28. The SMILES string of the molecule is O=c1[nH]c([C@@H]2CC[C@@H](N3CCN(c4ccc(F)cn4)CC3)C2)cc2cccc(F)c12. The molecular weight excluding hydrogens is 386 g/mol. The lowest BCUT2D eigenvalue weighted by Gasteiger charge is -2.38. The molecule has 2 aliphatic rings. The highest BCUT2D eigenvalue weighted by Crippen LogP contribution is 2.37. The minimum absolute atomic E-state index is 0.140. The Bertz CT molecular complexity index is 1110. The molecule has 1 saturated heterocycles. The van der Waals surface area contributed by atoms with Crippen LogP contribution in [0.3, 0.4) is 0 Å². The lowest BCUT2D eigenvalue weighted by Crippen LogP contribution is -2.50. The second-order valence-electron chi connectivity index (χ2n) is 8.28. The maximum atomic E-state index is 14.0. The van der Waals surface area contributed by atoms with Gasteiger partial charge in [0, 0.05) is 43.8 Å². The Morgan fingerprint density at radius 1 is 1.03 bits per heavy atom. The molecule has 1 aliphatic carbocycles. The number of fused-ring (bicyclic) bond motifs is 1. The number of piperazine rings is 1. The van der Waals surface area contributed by atoms with Crippen LogP contribution >= 0.6 is 0 Å². The monoisotopic (exact) mass is 410 g/mol. The van der Waals surface area contributed by atoms with Gasteiger partial charge in [0.2, 0.25) is 0 Å². The summed E-state index contributed by atoms with van der Waals surface area (Å²) in [6, 6.07) is 10.4. The first-order valence-corrected chi connectivity index (χ1v) is 10.5. The number of rotatable bonds is 3. The molecule has 1 saturated carbocycles. The van der Waals surface area contributed by atoms with E-state index in [0.29, 0.717) is 11.4 Å². The number of nitrogens with zero attached hydrogens (tertiary/aromatic N) is 3. The van der Waals surface area contributed by atoms with E-state index < -0.39 is 5.82 Å². The van der Waals surface area contributed by atoms with Gasteiger partial charge in [0.15, 0.2) is 0 Å². The third-order valence-electron chi connectivity index (χ3n) is 6.55. The van der Waals surface area contributed by atoms with Gasteiger partial charge in [-0.15, -0.1) is 0 Å². The maximum absolute atomic E-state index is 14.0. The fraction of sp³-hybridized carbons (Fsp3) is 0.391. The van der Waals surface area contributed by atoms with Gasteiger partial charge in [-0.25, -0.2) is 13.8 Å². The lowest BCUT2D eigenvalue weighted by atomic mass is 10.00. The lowest BCUT2D eigenvalue weighted by molar-refractivity contribution is 0.186. The third-order valence-corrected chi connectivity index (χ3v) is 6.55. The van der Waals surface area contributed by atoms with Crippen LogP contribution in [0.15, 0.2) is 47.4 Å². The standard InChI is InChI=1S/C23H24F2N4O/c24-17-5-7-21(26-14-17)29-10-8-28(9-11-29)18-6-4-15(12-18)20-13-16-2-1-3-19(25)22(16)23(30)27-20/h1-3,5,7,13-15,18H,4,6,8-12H2,(H,27,30)/t15-,18-/m1/s1. The van der Waals surface area contributed by atoms with Crippen molar-refractivity contribution in [1.29, 1.82) is 0 Å². The summed E-state index contributed by atoms with van der Waals surface area (Å²) in [5, 5.41) is 0.805. The van der Waals surface area contributed by atoms with Crippen molar-refractivity contribution in [2.75, 3.05) is 31.1 Å². The number of nitrogens with one attached hydrogen (secondary N) is 1. The number of pyridine rings is 2. The van der Waals surface area contributed by atoms with E-state index in [2.05, 4.69) is 19.8 Å². The van der Waals surface area contributed by atoms with Crippen LogP contribution in [0.5, 0.6) is 0 Å². The molecule has 7 heteroatoms. The first-order chi connectivity index (χ1) is 14.6. The van der Waals surface area contributed by atoms with Crippen molar-refractivity contribution in [2.45, 2.75) is 31.2 Å². The van der Waals surface area contributed by atoms with Gasteiger partial charge in [0.1, 0.15) is 17.5 Å². The van der Waals surface area contributed by atoms with E-state index >= 15 is 0 Å². The summed E-state index contributed by atoms with van der Waals surface area (Å²) in [6.45, 7) is 3.61. The Kier molecular flexibility index (Phi) is 4.98. The van der Waals surface area contributed by atoms with Crippen LogP contribution < -0.4 is 10.5 Å². The second kappa shape index (κ2) is 7.80. The smallest absolute Gasteiger partial charge is 0.259 e. The molecule has 0 unspecified atom stereocenters. The van der Waals surface area contributed by atoms with Crippen molar-refractivity contribution in [3.8, 4) is 0 Å². The predicted molar refractivity (Wildman–Crippen MR) is 113 cm³/mol. The van der Waals surface area contributed by atoms with Gasteiger partial charge in [0.25, 0.3) is 5.56 Å². The van der Waals surface area contributed by atoms with Crippen molar-refractivity contribution in [3.05, 3.63) is 70.3 Å². The number of hydrogen-bond acceptors (Lipinski definition) is 4. The molecule has 1 aliphatic heterocycles. The summed E-state index contributed by atoms with van der Waals surface area (Å²) in [5.74, 6) is 0.315. The van der Waals surface area contributed by atoms with Crippen molar-refractivity contribution in [2.24, 2.45) is 0 Å². The van der Waals surface area contributed by atoms with Crippen molar-refractivity contribution in [1.82, 2.24) is 14.9 Å². The van der Waals surface area contributed by atoms with E-state index in [1.807, 2.05) is 6.07 Å². The average molecular weight is 410 g/mol. The Labute approximate surface area is 173 Å². The van der Waals surface area contributed by atoms with Crippen LogP contribution in [-0.4, -0.2) is 47.1 Å². The molecule has 3 aromatic rings. The first-order valence-electron chi connectivity index (χ1n) is 10.5. The largest absolute Gasteiger partial charge is 0.354 e. The third kappa shape index (κ3) is 3.58. The molecule has 2 atom stereocenters. The van der Waals surface area contributed by atoms with Gasteiger partial charge < -0.3 is 9.88 Å². The number of benzene rings is 1. The first kappa shape index (κ1) is 19.2. The summed E-state index contributed by atoms with van der Waals surface area (Å²) in [5.41, 5.74) is 0.569. The molecule has 3 heterocycles. The molecule has 5 nitrogen and oxygen atoms in total. The van der Waals surface area contributed by atoms with E-state index in [-0.39, 0.29) is 22.7 Å². The summed E-state index contributed by atoms with van der Waals surface area (Å²) in [7, 11) is 0. The molecule has 2 aromatic heterocycles. The highest BCUT2D eigenvalue weighted by molar-refractivity contribution is 5.82. The Balaban J connectivity index is 1.25. The Morgan fingerprint density at radius 3 is 2.63 bits per heavy atom. The van der Waals surface area contributed by atoms with Crippen LogP contribution in [0, 0.1) is 11.6 Å². The maximum Gasteiger partial charge on any atom is 0.259 e. The molecule has 0 bridgehead atoms. The zero-order chi connectivity index (χ0) is 20.7. The van der Waals surface area contributed by atoms with E-state index in [9.17, 15) is 13.6 Å². The average Bonchev–Trinajstić information content (AvgIpc) is 3.25. The highest BCUT2D eigenvalue weighted by Gasteiger charge is 2.32. The van der Waals surface area contributed by atoms with Gasteiger partial charge >= 0.3 is 0 Å². The zero-order valence-corrected chi connectivity index (χ0v) is 16.7.